The van der Waals surface area contributed by atoms with Crippen LogP contribution < -0.4 is 0 Å². The zero-order chi connectivity index (χ0) is 17.0. The predicted octanol–water partition coefficient (Wildman–Crippen LogP) is 4.65. The summed E-state index contributed by atoms with van der Waals surface area (Å²) in [7, 11) is 0. The second kappa shape index (κ2) is 7.78. The van der Waals surface area contributed by atoms with Gasteiger partial charge in [0.2, 0.25) is 0 Å². The number of hydrogen-bond donors (Lipinski definition) is 0. The van der Waals surface area contributed by atoms with Crippen molar-refractivity contribution in [3.8, 4) is 0 Å². The molecule has 23 heavy (non-hydrogen) atoms. The van der Waals surface area contributed by atoms with Crippen LogP contribution in [0.5, 0.6) is 0 Å². The molecule has 2 rings (SSSR count). The third-order valence-corrected chi connectivity index (χ3v) is 4.65. The summed E-state index contributed by atoms with van der Waals surface area (Å²) in [5.41, 5.74) is 1.21. The maximum atomic E-state index is 6.30. The van der Waals surface area contributed by atoms with E-state index in [9.17, 15) is 0 Å². The molecule has 1 aliphatic rings. The van der Waals surface area contributed by atoms with Crippen LogP contribution in [0, 0.1) is 17.8 Å². The van der Waals surface area contributed by atoms with Crippen molar-refractivity contribution in [1.82, 2.24) is 0 Å². The molecule has 1 aromatic rings. The van der Waals surface area contributed by atoms with Gasteiger partial charge in [-0.1, -0.05) is 58.0 Å². The summed E-state index contributed by atoms with van der Waals surface area (Å²) in [5, 5.41) is 0. The quantitative estimate of drug-likeness (QED) is 0.763. The first-order chi connectivity index (χ1) is 10.8. The molecule has 3 heteroatoms. The molecule has 0 N–H and O–H groups in total. The monoisotopic (exact) mass is 320 g/mol. The van der Waals surface area contributed by atoms with Crippen LogP contribution in [0.3, 0.4) is 0 Å². The Kier molecular flexibility index (Phi) is 6.24. The lowest BCUT2D eigenvalue weighted by Gasteiger charge is -2.44. The van der Waals surface area contributed by atoms with Crippen LogP contribution in [0.25, 0.3) is 0 Å². The maximum Gasteiger partial charge on any atom is 0.163 e. The minimum Gasteiger partial charge on any atom is -0.373 e. The van der Waals surface area contributed by atoms with Gasteiger partial charge in [0.05, 0.1) is 25.4 Å². The van der Waals surface area contributed by atoms with Gasteiger partial charge in [-0.25, -0.2) is 0 Å². The molecule has 0 aliphatic carbocycles. The van der Waals surface area contributed by atoms with Crippen molar-refractivity contribution in [1.29, 1.82) is 0 Å². The van der Waals surface area contributed by atoms with Crippen molar-refractivity contribution < 1.29 is 14.2 Å². The molecule has 0 bridgehead atoms. The van der Waals surface area contributed by atoms with Gasteiger partial charge in [-0.2, -0.15) is 0 Å². The van der Waals surface area contributed by atoms with E-state index in [1.165, 1.54) is 5.56 Å². The van der Waals surface area contributed by atoms with Crippen molar-refractivity contribution in [2.24, 2.45) is 17.8 Å². The Morgan fingerprint density at radius 3 is 2.43 bits per heavy atom. The summed E-state index contributed by atoms with van der Waals surface area (Å²) in [6.07, 6.45) is 0.318. The van der Waals surface area contributed by atoms with E-state index in [-0.39, 0.29) is 12.2 Å². The number of ether oxygens (including phenoxy) is 3. The molecular weight excluding hydrogens is 288 g/mol. The topological polar surface area (TPSA) is 27.7 Å². The predicted molar refractivity (Wildman–Crippen MR) is 93.1 cm³/mol. The zero-order valence-corrected chi connectivity index (χ0v) is 15.4. The van der Waals surface area contributed by atoms with E-state index >= 15 is 0 Å². The SMILES string of the molecule is CC(C)[C@H](OCc1ccccc1)[C@H](C)[C@H]1OC(C)(C)OC[C@@H]1C. The molecular formula is C20H32O3. The van der Waals surface area contributed by atoms with E-state index in [1.54, 1.807) is 0 Å². The van der Waals surface area contributed by atoms with E-state index < -0.39 is 5.79 Å². The van der Waals surface area contributed by atoms with Gasteiger partial charge in [0, 0.05) is 11.8 Å². The minimum atomic E-state index is -0.508. The third-order valence-electron chi connectivity index (χ3n) is 4.65. The van der Waals surface area contributed by atoms with Crippen LogP contribution >= 0.6 is 0 Å². The summed E-state index contributed by atoms with van der Waals surface area (Å²) >= 11 is 0. The Hall–Kier alpha value is -0.900. The molecule has 4 atom stereocenters. The second-order valence-corrected chi connectivity index (χ2v) is 7.63. The first-order valence-corrected chi connectivity index (χ1v) is 8.77. The second-order valence-electron chi connectivity index (χ2n) is 7.63. The fourth-order valence-electron chi connectivity index (χ4n) is 3.44. The van der Waals surface area contributed by atoms with Crippen molar-refractivity contribution >= 4 is 0 Å². The Balaban J connectivity index is 2.04. The van der Waals surface area contributed by atoms with Crippen LogP contribution in [0.4, 0.5) is 0 Å². The molecule has 1 aromatic carbocycles. The molecule has 130 valence electrons. The highest BCUT2D eigenvalue weighted by molar-refractivity contribution is 5.13. The first kappa shape index (κ1) is 18.4. The molecule has 1 heterocycles. The van der Waals surface area contributed by atoms with Crippen LogP contribution in [0.15, 0.2) is 30.3 Å². The average Bonchev–Trinajstić information content (AvgIpc) is 2.50. The van der Waals surface area contributed by atoms with Gasteiger partial charge in [-0.3, -0.25) is 0 Å². The smallest absolute Gasteiger partial charge is 0.163 e. The lowest BCUT2D eigenvalue weighted by molar-refractivity contribution is -0.306. The minimum absolute atomic E-state index is 0.155. The van der Waals surface area contributed by atoms with Gasteiger partial charge in [-0.05, 0) is 25.3 Å². The van der Waals surface area contributed by atoms with Gasteiger partial charge in [0.15, 0.2) is 5.79 Å². The molecule has 0 unspecified atom stereocenters. The molecule has 0 aromatic heterocycles. The van der Waals surface area contributed by atoms with E-state index in [1.807, 2.05) is 19.9 Å². The normalized spacial score (nSPS) is 26.9. The summed E-state index contributed by atoms with van der Waals surface area (Å²) < 4.78 is 18.3. The lowest BCUT2D eigenvalue weighted by Crippen LogP contribution is -2.50. The molecule has 0 spiro atoms. The van der Waals surface area contributed by atoms with Crippen molar-refractivity contribution in [2.75, 3.05) is 6.61 Å². The highest BCUT2D eigenvalue weighted by Crippen LogP contribution is 2.34. The van der Waals surface area contributed by atoms with Crippen molar-refractivity contribution in [2.45, 2.75) is 66.1 Å². The van der Waals surface area contributed by atoms with Crippen LogP contribution in [0.2, 0.25) is 0 Å². The number of benzene rings is 1. The fourth-order valence-corrected chi connectivity index (χ4v) is 3.44. The van der Waals surface area contributed by atoms with Gasteiger partial charge in [0.1, 0.15) is 0 Å². The summed E-state index contributed by atoms with van der Waals surface area (Å²) in [6.45, 7) is 14.3. The summed E-state index contributed by atoms with van der Waals surface area (Å²) in [6, 6.07) is 10.4. The van der Waals surface area contributed by atoms with Crippen molar-refractivity contribution in [3.05, 3.63) is 35.9 Å². The molecule has 0 amide bonds. The zero-order valence-electron chi connectivity index (χ0n) is 15.4. The molecule has 1 fully saturated rings. The average molecular weight is 320 g/mol. The molecule has 3 nitrogen and oxygen atoms in total. The number of hydrogen-bond acceptors (Lipinski definition) is 3. The molecule has 1 saturated heterocycles. The van der Waals surface area contributed by atoms with Gasteiger partial charge in [-0.15, -0.1) is 0 Å². The highest BCUT2D eigenvalue weighted by atomic mass is 16.7. The van der Waals surface area contributed by atoms with Gasteiger partial charge in [0.25, 0.3) is 0 Å². The fraction of sp³-hybridized carbons (Fsp3) is 0.700. The summed E-state index contributed by atoms with van der Waals surface area (Å²) in [5.74, 6) is 0.624. The lowest BCUT2D eigenvalue weighted by atomic mass is 9.84. The Morgan fingerprint density at radius 1 is 1.17 bits per heavy atom. The Labute approximate surface area is 141 Å². The van der Waals surface area contributed by atoms with E-state index in [2.05, 4.69) is 52.0 Å². The van der Waals surface area contributed by atoms with Crippen LogP contribution in [0.1, 0.15) is 47.1 Å². The third kappa shape index (κ3) is 5.03. The largest absolute Gasteiger partial charge is 0.373 e. The Morgan fingerprint density at radius 2 is 1.83 bits per heavy atom. The van der Waals surface area contributed by atoms with E-state index in [0.717, 1.165) is 6.61 Å². The van der Waals surface area contributed by atoms with Crippen LogP contribution in [-0.4, -0.2) is 24.6 Å². The molecule has 1 aliphatic heterocycles. The Bertz CT molecular complexity index is 469. The van der Waals surface area contributed by atoms with Gasteiger partial charge < -0.3 is 14.2 Å². The van der Waals surface area contributed by atoms with E-state index in [0.29, 0.717) is 24.4 Å². The van der Waals surface area contributed by atoms with Gasteiger partial charge >= 0.3 is 0 Å². The summed E-state index contributed by atoms with van der Waals surface area (Å²) in [4.78, 5) is 0. The van der Waals surface area contributed by atoms with Crippen molar-refractivity contribution in [3.63, 3.8) is 0 Å². The maximum absolute atomic E-state index is 6.30. The molecule has 0 saturated carbocycles. The number of rotatable bonds is 6. The molecule has 0 radical (unpaired) electrons. The van der Waals surface area contributed by atoms with E-state index in [4.69, 9.17) is 14.2 Å². The first-order valence-electron chi connectivity index (χ1n) is 8.77. The standard InChI is InChI=1S/C20H32O3/c1-14(2)18(21-13-17-10-8-7-9-11-17)16(4)19-15(3)12-22-20(5,6)23-19/h7-11,14-16,18-19H,12-13H2,1-6H3/t15-,16-,18-,19-/m0/s1. The van der Waals surface area contributed by atoms with Crippen LogP contribution in [-0.2, 0) is 20.8 Å². The highest BCUT2D eigenvalue weighted by Gasteiger charge is 2.40.